The van der Waals surface area contributed by atoms with Crippen molar-refractivity contribution in [1.82, 2.24) is 0 Å². The van der Waals surface area contributed by atoms with Crippen LogP contribution in [0.5, 0.6) is 0 Å². The molecule has 70 valence electrons. The van der Waals surface area contributed by atoms with Crippen LogP contribution in [0, 0.1) is 5.82 Å². The second kappa shape index (κ2) is 3.10. The Balaban J connectivity index is 2.77. The monoisotopic (exact) mass is 189 g/mol. The van der Waals surface area contributed by atoms with Crippen LogP contribution in [-0.4, -0.2) is 5.91 Å². The van der Waals surface area contributed by atoms with E-state index in [2.05, 4.69) is 0 Å². The number of halogens is 1. The Hall–Kier alpha value is -1.90. The molecule has 2 aromatic rings. The fraction of sp³-hybridized carbons (Fsp3) is 0. The average molecular weight is 189 g/mol. The molecule has 14 heavy (non-hydrogen) atoms. The standard InChI is InChI=1S/C11H8FNO/c12-10-6-8-4-2-1-3-7(8)5-9(10)11(13)14/h1-6H,(H2,13,14). The highest BCUT2D eigenvalue weighted by Crippen LogP contribution is 2.18. The number of benzene rings is 2. The highest BCUT2D eigenvalue weighted by molar-refractivity contribution is 5.97. The highest BCUT2D eigenvalue weighted by atomic mass is 19.1. The summed E-state index contributed by atoms with van der Waals surface area (Å²) in [6.45, 7) is 0. The molecule has 0 heterocycles. The number of nitrogens with two attached hydrogens (primary N) is 1. The molecular formula is C11H8FNO. The van der Waals surface area contributed by atoms with Crippen molar-refractivity contribution in [1.29, 1.82) is 0 Å². The second-order valence-electron chi connectivity index (χ2n) is 3.04. The lowest BCUT2D eigenvalue weighted by molar-refractivity contribution is 0.0996. The van der Waals surface area contributed by atoms with E-state index in [9.17, 15) is 9.18 Å². The van der Waals surface area contributed by atoms with Gasteiger partial charge in [-0.25, -0.2) is 4.39 Å². The quantitative estimate of drug-likeness (QED) is 0.733. The molecule has 2 N–H and O–H groups in total. The lowest BCUT2D eigenvalue weighted by Gasteiger charge is -2.01. The Bertz CT molecular complexity index is 508. The number of rotatable bonds is 1. The van der Waals surface area contributed by atoms with Gasteiger partial charge in [0, 0.05) is 0 Å². The molecule has 0 aromatic heterocycles. The molecule has 0 unspecified atom stereocenters. The first-order valence-corrected chi connectivity index (χ1v) is 4.16. The van der Waals surface area contributed by atoms with Crippen LogP contribution in [0.2, 0.25) is 0 Å². The van der Waals surface area contributed by atoms with E-state index < -0.39 is 11.7 Å². The van der Waals surface area contributed by atoms with Gasteiger partial charge in [0.2, 0.25) is 0 Å². The number of fused-ring (bicyclic) bond motifs is 1. The first-order valence-electron chi connectivity index (χ1n) is 4.16. The lowest BCUT2D eigenvalue weighted by atomic mass is 10.1. The maximum atomic E-state index is 13.3. The zero-order valence-corrected chi connectivity index (χ0v) is 7.33. The fourth-order valence-corrected chi connectivity index (χ4v) is 1.40. The predicted molar refractivity (Wildman–Crippen MR) is 52.4 cm³/mol. The van der Waals surface area contributed by atoms with Crippen molar-refractivity contribution in [3.8, 4) is 0 Å². The summed E-state index contributed by atoms with van der Waals surface area (Å²) in [7, 11) is 0. The van der Waals surface area contributed by atoms with Gasteiger partial charge in [-0.15, -0.1) is 0 Å². The molecule has 2 rings (SSSR count). The van der Waals surface area contributed by atoms with Crippen LogP contribution in [0.4, 0.5) is 4.39 Å². The zero-order chi connectivity index (χ0) is 10.1. The first kappa shape index (κ1) is 8.69. The van der Waals surface area contributed by atoms with Crippen LogP contribution in [0.1, 0.15) is 10.4 Å². The zero-order valence-electron chi connectivity index (χ0n) is 7.33. The van der Waals surface area contributed by atoms with Crippen LogP contribution in [0.25, 0.3) is 10.8 Å². The normalized spacial score (nSPS) is 10.4. The van der Waals surface area contributed by atoms with Crippen LogP contribution >= 0.6 is 0 Å². The molecule has 0 fully saturated rings. The van der Waals surface area contributed by atoms with Gasteiger partial charge in [0.1, 0.15) is 5.82 Å². The van der Waals surface area contributed by atoms with Gasteiger partial charge in [0.25, 0.3) is 5.91 Å². The Morgan fingerprint density at radius 1 is 1.14 bits per heavy atom. The van der Waals surface area contributed by atoms with Crippen LogP contribution in [0.3, 0.4) is 0 Å². The molecular weight excluding hydrogens is 181 g/mol. The van der Waals surface area contributed by atoms with E-state index in [0.29, 0.717) is 0 Å². The van der Waals surface area contributed by atoms with Gasteiger partial charge in [-0.1, -0.05) is 24.3 Å². The van der Waals surface area contributed by atoms with Gasteiger partial charge in [-0.3, -0.25) is 4.79 Å². The second-order valence-corrected chi connectivity index (χ2v) is 3.04. The Kier molecular flexibility index (Phi) is 1.93. The number of amides is 1. The van der Waals surface area contributed by atoms with Gasteiger partial charge >= 0.3 is 0 Å². The third-order valence-electron chi connectivity index (χ3n) is 2.10. The Morgan fingerprint density at radius 2 is 1.71 bits per heavy atom. The minimum Gasteiger partial charge on any atom is -0.366 e. The van der Waals surface area contributed by atoms with Gasteiger partial charge in [0.05, 0.1) is 5.56 Å². The third-order valence-corrected chi connectivity index (χ3v) is 2.10. The molecule has 0 aliphatic carbocycles. The number of primary amides is 1. The molecule has 0 bridgehead atoms. The average Bonchev–Trinajstić information content (AvgIpc) is 2.16. The maximum absolute atomic E-state index is 13.3. The lowest BCUT2D eigenvalue weighted by Crippen LogP contribution is -2.12. The predicted octanol–water partition coefficient (Wildman–Crippen LogP) is 2.08. The van der Waals surface area contributed by atoms with E-state index in [1.165, 1.54) is 12.1 Å². The molecule has 0 aliphatic rings. The summed E-state index contributed by atoms with van der Waals surface area (Å²) in [5.41, 5.74) is 4.96. The topological polar surface area (TPSA) is 43.1 Å². The summed E-state index contributed by atoms with van der Waals surface area (Å²) in [5.74, 6) is -1.32. The molecule has 0 saturated carbocycles. The Morgan fingerprint density at radius 3 is 2.29 bits per heavy atom. The van der Waals surface area contributed by atoms with E-state index in [4.69, 9.17) is 5.73 Å². The summed E-state index contributed by atoms with van der Waals surface area (Å²) in [4.78, 5) is 10.8. The van der Waals surface area contributed by atoms with Crippen LogP contribution in [-0.2, 0) is 0 Å². The van der Waals surface area contributed by atoms with E-state index >= 15 is 0 Å². The fourth-order valence-electron chi connectivity index (χ4n) is 1.40. The van der Waals surface area contributed by atoms with Crippen LogP contribution < -0.4 is 5.73 Å². The first-order chi connectivity index (χ1) is 6.68. The van der Waals surface area contributed by atoms with Gasteiger partial charge in [0.15, 0.2) is 0 Å². The molecule has 0 atom stereocenters. The van der Waals surface area contributed by atoms with Crippen molar-refractivity contribution < 1.29 is 9.18 Å². The van der Waals surface area contributed by atoms with E-state index in [0.717, 1.165) is 10.8 Å². The molecule has 1 amide bonds. The minimum absolute atomic E-state index is 0.0660. The van der Waals surface area contributed by atoms with Gasteiger partial charge in [-0.05, 0) is 22.9 Å². The summed E-state index contributed by atoms with van der Waals surface area (Å²) in [6, 6.07) is 10.0. The number of carbonyl (C=O) groups is 1. The molecule has 0 saturated heterocycles. The summed E-state index contributed by atoms with van der Waals surface area (Å²) in [6.07, 6.45) is 0. The largest absolute Gasteiger partial charge is 0.366 e. The number of hydrogen-bond donors (Lipinski definition) is 1. The molecule has 2 nitrogen and oxygen atoms in total. The van der Waals surface area contributed by atoms with Crippen molar-refractivity contribution >= 4 is 16.7 Å². The molecule has 2 aromatic carbocycles. The molecule has 0 radical (unpaired) electrons. The third kappa shape index (κ3) is 1.33. The summed E-state index contributed by atoms with van der Waals surface area (Å²) < 4.78 is 13.3. The van der Waals surface area contributed by atoms with Crippen LogP contribution in [0.15, 0.2) is 36.4 Å². The van der Waals surface area contributed by atoms with E-state index in [-0.39, 0.29) is 5.56 Å². The maximum Gasteiger partial charge on any atom is 0.251 e. The van der Waals surface area contributed by atoms with Gasteiger partial charge < -0.3 is 5.73 Å². The SMILES string of the molecule is NC(=O)c1cc2ccccc2cc1F. The van der Waals surface area contributed by atoms with Crippen molar-refractivity contribution in [2.45, 2.75) is 0 Å². The molecule has 0 aliphatic heterocycles. The molecule has 0 spiro atoms. The van der Waals surface area contributed by atoms with E-state index in [1.54, 1.807) is 12.1 Å². The smallest absolute Gasteiger partial charge is 0.251 e. The summed E-state index contributed by atoms with van der Waals surface area (Å²) in [5, 5.41) is 1.57. The Labute approximate surface area is 80.1 Å². The summed E-state index contributed by atoms with van der Waals surface area (Å²) >= 11 is 0. The van der Waals surface area contributed by atoms with Crippen molar-refractivity contribution in [2.24, 2.45) is 5.73 Å². The number of carbonyl (C=O) groups excluding carboxylic acids is 1. The van der Waals surface area contributed by atoms with Gasteiger partial charge in [-0.2, -0.15) is 0 Å². The molecule has 3 heteroatoms. The minimum atomic E-state index is -0.742. The van der Waals surface area contributed by atoms with Crippen molar-refractivity contribution in [3.05, 3.63) is 47.8 Å². The van der Waals surface area contributed by atoms with Crippen molar-refractivity contribution in [2.75, 3.05) is 0 Å². The van der Waals surface area contributed by atoms with E-state index in [1.807, 2.05) is 12.1 Å². The number of hydrogen-bond acceptors (Lipinski definition) is 1. The highest BCUT2D eigenvalue weighted by Gasteiger charge is 2.08. The van der Waals surface area contributed by atoms with Crippen molar-refractivity contribution in [3.63, 3.8) is 0 Å².